The molecule has 13 heavy (non-hydrogen) atoms. The van der Waals surface area contributed by atoms with E-state index in [1.54, 1.807) is 18.2 Å². The van der Waals surface area contributed by atoms with Crippen molar-refractivity contribution in [1.29, 1.82) is 0 Å². The van der Waals surface area contributed by atoms with Gasteiger partial charge < -0.3 is 21.0 Å². The smallest absolute Gasteiger partial charge is 0.530 e. The fourth-order valence-electron chi connectivity index (χ4n) is 0.894. The third-order valence-electron chi connectivity index (χ3n) is 1.41. The number of benzene rings is 1. The van der Waals surface area contributed by atoms with Crippen LogP contribution in [0.15, 0.2) is 24.3 Å². The summed E-state index contributed by atoms with van der Waals surface area (Å²) in [5.41, 5.74) is 6.72. The van der Waals surface area contributed by atoms with Crippen LogP contribution >= 0.6 is 0 Å². The van der Waals surface area contributed by atoms with Crippen LogP contribution in [0.25, 0.3) is 0 Å². The second kappa shape index (κ2) is 6.67. The molecule has 0 aliphatic rings. The Morgan fingerprint density at radius 3 is 2.77 bits per heavy atom. The van der Waals surface area contributed by atoms with Crippen LogP contribution in [0, 0.1) is 0 Å². The van der Waals surface area contributed by atoms with Crippen LogP contribution in [-0.2, 0) is 6.54 Å². The van der Waals surface area contributed by atoms with Gasteiger partial charge in [-0.25, -0.2) is 0 Å². The van der Waals surface area contributed by atoms with Gasteiger partial charge in [0.05, 0.1) is 0 Å². The average molecular weight is 251 g/mol. The van der Waals surface area contributed by atoms with Gasteiger partial charge in [0, 0.05) is 12.2 Å². The first-order valence-electron chi connectivity index (χ1n) is 3.49. The van der Waals surface area contributed by atoms with Gasteiger partial charge in [0.1, 0.15) is 6.09 Å². The second-order valence-corrected chi connectivity index (χ2v) is 2.32. The largest absolute Gasteiger partial charge is 1.00 e. The molecular formula is C8H9N2O2Rb. The van der Waals surface area contributed by atoms with E-state index in [-0.39, 0.29) is 58.2 Å². The zero-order valence-corrected chi connectivity index (χ0v) is 12.3. The number of carbonyl (C=O) groups excluding carboxylic acids is 1. The molecule has 64 valence electrons. The monoisotopic (exact) mass is 250 g/mol. The normalized spacial score (nSPS) is 8.69. The van der Waals surface area contributed by atoms with Crippen LogP contribution in [-0.4, -0.2) is 6.09 Å². The summed E-state index contributed by atoms with van der Waals surface area (Å²) in [6, 6.07) is 6.85. The molecule has 0 unspecified atom stereocenters. The first-order valence-corrected chi connectivity index (χ1v) is 3.49. The van der Waals surface area contributed by atoms with Gasteiger partial charge in [0.25, 0.3) is 0 Å². The molecule has 0 saturated heterocycles. The summed E-state index contributed by atoms with van der Waals surface area (Å²) in [5.74, 6) is 0. The molecule has 4 nitrogen and oxygen atoms in total. The van der Waals surface area contributed by atoms with Crippen LogP contribution in [0.3, 0.4) is 0 Å². The number of amides is 1. The van der Waals surface area contributed by atoms with Gasteiger partial charge in [-0.2, -0.15) is 0 Å². The summed E-state index contributed by atoms with van der Waals surface area (Å²) in [6.07, 6.45) is -1.32. The molecule has 0 radical (unpaired) electrons. The number of nitrogens with one attached hydrogen (secondary N) is 1. The zero-order valence-electron chi connectivity index (χ0n) is 7.41. The third-order valence-corrected chi connectivity index (χ3v) is 1.41. The average Bonchev–Trinajstić information content (AvgIpc) is 2.03. The topological polar surface area (TPSA) is 78.2 Å². The van der Waals surface area contributed by atoms with Crippen molar-refractivity contribution in [2.24, 2.45) is 5.73 Å². The molecule has 0 atom stereocenters. The molecule has 0 aliphatic heterocycles. The molecular weight excluding hydrogens is 242 g/mol. The number of anilines is 1. The SMILES string of the molecule is NCc1cccc(NC(=O)[O-])c1.[Rb+]. The van der Waals surface area contributed by atoms with E-state index >= 15 is 0 Å². The van der Waals surface area contributed by atoms with Crippen molar-refractivity contribution >= 4 is 11.8 Å². The standard InChI is InChI=1S/C8H10N2O2.Rb/c9-5-6-2-1-3-7(4-6)10-8(11)12;/h1-4,10H,5,9H2,(H,11,12);/q;+1/p-1. The minimum atomic E-state index is -1.32. The number of hydrogen-bond acceptors (Lipinski definition) is 3. The second-order valence-electron chi connectivity index (χ2n) is 2.32. The van der Waals surface area contributed by atoms with Crippen molar-refractivity contribution in [3.8, 4) is 0 Å². The van der Waals surface area contributed by atoms with E-state index in [0.29, 0.717) is 12.2 Å². The van der Waals surface area contributed by atoms with Crippen LogP contribution < -0.4 is 74.3 Å². The Morgan fingerprint density at radius 2 is 2.23 bits per heavy atom. The van der Waals surface area contributed by atoms with Gasteiger partial charge in [-0.3, -0.25) is 0 Å². The van der Waals surface area contributed by atoms with E-state index < -0.39 is 6.09 Å². The van der Waals surface area contributed by atoms with Crippen LogP contribution in [0.5, 0.6) is 0 Å². The van der Waals surface area contributed by atoms with Crippen molar-refractivity contribution in [3.63, 3.8) is 0 Å². The van der Waals surface area contributed by atoms with Crippen molar-refractivity contribution in [1.82, 2.24) is 0 Å². The molecule has 1 amide bonds. The molecule has 5 heteroatoms. The van der Waals surface area contributed by atoms with E-state index in [9.17, 15) is 9.90 Å². The van der Waals surface area contributed by atoms with E-state index in [2.05, 4.69) is 5.32 Å². The maximum absolute atomic E-state index is 10.1. The third kappa shape index (κ3) is 4.88. The molecule has 0 aliphatic carbocycles. The van der Waals surface area contributed by atoms with Crippen LogP contribution in [0.1, 0.15) is 5.56 Å². The minimum absolute atomic E-state index is 0. The fraction of sp³-hybridized carbons (Fsp3) is 0.125. The van der Waals surface area contributed by atoms with Crippen molar-refractivity contribution < 1.29 is 68.1 Å². The maximum Gasteiger partial charge on any atom is 1.00 e. The predicted molar refractivity (Wildman–Crippen MR) is 43.4 cm³/mol. The Hall–Kier alpha value is 0.255. The first-order chi connectivity index (χ1) is 5.72. The van der Waals surface area contributed by atoms with E-state index in [0.717, 1.165) is 5.56 Å². The predicted octanol–water partition coefficient (Wildman–Crippen LogP) is -3.10. The van der Waals surface area contributed by atoms with Gasteiger partial charge >= 0.3 is 58.2 Å². The number of carboxylic acid groups (broad SMARTS) is 1. The molecule has 0 spiro atoms. The number of hydrogen-bond donors (Lipinski definition) is 2. The Kier molecular flexibility index (Phi) is 6.80. The molecule has 0 aromatic heterocycles. The van der Waals surface area contributed by atoms with Gasteiger partial charge in [-0.1, -0.05) is 12.1 Å². The molecule has 1 rings (SSSR count). The summed E-state index contributed by atoms with van der Waals surface area (Å²) >= 11 is 0. The quantitative estimate of drug-likeness (QED) is 0.584. The molecule has 0 saturated carbocycles. The van der Waals surface area contributed by atoms with E-state index in [4.69, 9.17) is 5.73 Å². The van der Waals surface area contributed by atoms with Gasteiger partial charge in [0.15, 0.2) is 0 Å². The summed E-state index contributed by atoms with van der Waals surface area (Å²) < 4.78 is 0. The molecule has 3 N–H and O–H groups in total. The Labute approximate surface area is 125 Å². The van der Waals surface area contributed by atoms with Crippen molar-refractivity contribution in [2.75, 3.05) is 5.32 Å². The summed E-state index contributed by atoms with van der Waals surface area (Å²) in [6.45, 7) is 0.391. The van der Waals surface area contributed by atoms with Crippen molar-refractivity contribution in [2.45, 2.75) is 6.54 Å². The van der Waals surface area contributed by atoms with Gasteiger partial charge in [-0.15, -0.1) is 0 Å². The summed E-state index contributed by atoms with van der Waals surface area (Å²) in [7, 11) is 0. The molecule has 1 aromatic rings. The van der Waals surface area contributed by atoms with Crippen molar-refractivity contribution in [3.05, 3.63) is 29.8 Å². The van der Waals surface area contributed by atoms with Crippen LogP contribution in [0.4, 0.5) is 10.5 Å². The fourth-order valence-corrected chi connectivity index (χ4v) is 0.894. The molecule has 0 bridgehead atoms. The Morgan fingerprint density at radius 1 is 1.54 bits per heavy atom. The Balaban J connectivity index is 0.00000144. The molecule has 0 heterocycles. The number of rotatable bonds is 2. The molecule has 1 aromatic carbocycles. The summed E-state index contributed by atoms with van der Waals surface area (Å²) in [4.78, 5) is 10.1. The number of carbonyl (C=O) groups is 1. The first kappa shape index (κ1) is 13.3. The summed E-state index contributed by atoms with van der Waals surface area (Å²) in [5, 5.41) is 12.2. The van der Waals surface area contributed by atoms with Crippen LogP contribution in [0.2, 0.25) is 0 Å². The maximum atomic E-state index is 10.1. The Bertz CT molecular complexity index is 291. The van der Waals surface area contributed by atoms with Gasteiger partial charge in [0.2, 0.25) is 0 Å². The van der Waals surface area contributed by atoms with E-state index in [1.165, 1.54) is 0 Å². The minimum Gasteiger partial charge on any atom is -0.530 e. The number of nitrogens with two attached hydrogens (primary N) is 1. The zero-order chi connectivity index (χ0) is 8.97. The van der Waals surface area contributed by atoms with Gasteiger partial charge in [-0.05, 0) is 17.7 Å². The van der Waals surface area contributed by atoms with E-state index in [1.807, 2.05) is 6.07 Å². The molecule has 0 fully saturated rings.